The van der Waals surface area contributed by atoms with Gasteiger partial charge < -0.3 is 14.8 Å². The van der Waals surface area contributed by atoms with E-state index >= 15 is 0 Å². The van der Waals surface area contributed by atoms with E-state index in [-0.39, 0.29) is 17.8 Å². The molecular formula is C9H12N2O4S. The zero-order valence-corrected chi connectivity index (χ0v) is 9.78. The summed E-state index contributed by atoms with van der Waals surface area (Å²) in [4.78, 5) is 28.8. The largest absolute Gasteiger partial charge is 0.481 e. The lowest BCUT2D eigenvalue weighted by atomic mass is 9.90. The summed E-state index contributed by atoms with van der Waals surface area (Å²) in [5.41, 5.74) is -0.491. The van der Waals surface area contributed by atoms with Gasteiger partial charge in [-0.15, -0.1) is 11.8 Å². The van der Waals surface area contributed by atoms with Gasteiger partial charge in [-0.25, -0.2) is 0 Å². The predicted molar refractivity (Wildman–Crippen MR) is 58.1 cm³/mol. The first-order chi connectivity index (χ1) is 7.49. The third-order valence-corrected chi connectivity index (χ3v) is 4.38. The van der Waals surface area contributed by atoms with Crippen molar-refractivity contribution in [1.82, 2.24) is 4.90 Å². The zero-order valence-electron chi connectivity index (χ0n) is 8.97. The van der Waals surface area contributed by atoms with Crippen molar-refractivity contribution in [3.63, 3.8) is 0 Å². The van der Waals surface area contributed by atoms with Crippen LogP contribution in [-0.4, -0.2) is 52.4 Å². The van der Waals surface area contributed by atoms with Crippen LogP contribution < -0.4 is 0 Å². The van der Waals surface area contributed by atoms with E-state index in [1.165, 1.54) is 23.8 Å². The topological polar surface area (TPSA) is 79.2 Å². The Morgan fingerprint density at radius 3 is 3.00 bits per heavy atom. The molecule has 1 amide bonds. The minimum atomic E-state index is -0.872. The molecule has 16 heavy (non-hydrogen) atoms. The number of thioether (sulfide) groups is 1. The van der Waals surface area contributed by atoms with Crippen LogP contribution in [0.5, 0.6) is 0 Å². The maximum Gasteiger partial charge on any atom is 0.312 e. The fraction of sp³-hybridized carbons (Fsp3) is 0.667. The Bertz CT molecular complexity index is 384. The van der Waals surface area contributed by atoms with Gasteiger partial charge in [0.2, 0.25) is 0 Å². The molecule has 0 aliphatic carbocycles. The molecule has 0 bridgehead atoms. The summed E-state index contributed by atoms with van der Waals surface area (Å²) in [6, 6.07) is 0. The molecule has 2 fully saturated rings. The number of β-lactam (4-membered cyclic amide) rings is 1. The second kappa shape index (κ2) is 3.65. The molecule has 1 N–H and O–H groups in total. The zero-order chi connectivity index (χ0) is 11.9. The van der Waals surface area contributed by atoms with Crippen LogP contribution in [0.2, 0.25) is 0 Å². The second-order valence-electron chi connectivity index (χ2n) is 4.12. The van der Waals surface area contributed by atoms with Gasteiger partial charge in [-0.3, -0.25) is 9.59 Å². The molecule has 0 saturated carbocycles. The van der Waals surface area contributed by atoms with Gasteiger partial charge in [0.15, 0.2) is 5.71 Å². The third kappa shape index (κ3) is 1.46. The van der Waals surface area contributed by atoms with Crippen molar-refractivity contribution < 1.29 is 19.5 Å². The highest BCUT2D eigenvalue weighted by Gasteiger charge is 2.54. The lowest BCUT2D eigenvalue weighted by molar-refractivity contribution is -0.149. The highest BCUT2D eigenvalue weighted by Crippen LogP contribution is 2.40. The smallest absolute Gasteiger partial charge is 0.312 e. The van der Waals surface area contributed by atoms with Crippen molar-refractivity contribution in [3.8, 4) is 0 Å². The van der Waals surface area contributed by atoms with Gasteiger partial charge in [0.05, 0.1) is 5.41 Å². The van der Waals surface area contributed by atoms with Crippen LogP contribution >= 0.6 is 11.8 Å². The number of aliphatic carboxylic acids is 1. The summed E-state index contributed by atoms with van der Waals surface area (Å²) in [7, 11) is 1.39. The Kier molecular flexibility index (Phi) is 2.57. The molecule has 0 aromatic rings. The normalized spacial score (nSPS) is 35.6. The number of hydrogen-bond acceptors (Lipinski definition) is 5. The van der Waals surface area contributed by atoms with Crippen LogP contribution in [-0.2, 0) is 14.4 Å². The molecule has 2 saturated heterocycles. The fourth-order valence-electron chi connectivity index (χ4n) is 1.76. The highest BCUT2D eigenvalue weighted by atomic mass is 32.2. The Morgan fingerprint density at radius 1 is 1.75 bits per heavy atom. The van der Waals surface area contributed by atoms with Crippen LogP contribution in [0.15, 0.2) is 5.16 Å². The van der Waals surface area contributed by atoms with E-state index in [0.29, 0.717) is 11.5 Å². The number of carbonyl (C=O) groups is 2. The van der Waals surface area contributed by atoms with Crippen molar-refractivity contribution in [2.45, 2.75) is 12.3 Å². The molecule has 6 nitrogen and oxygen atoms in total. The first-order valence-corrected chi connectivity index (χ1v) is 5.81. The summed E-state index contributed by atoms with van der Waals surface area (Å²) in [6.07, 6.45) is 0. The lowest BCUT2D eigenvalue weighted by Crippen LogP contribution is -2.66. The minimum absolute atomic E-state index is 0.139. The molecule has 0 aromatic carbocycles. The Morgan fingerprint density at radius 2 is 2.44 bits per heavy atom. The number of fused-ring (bicyclic) bond motifs is 1. The van der Waals surface area contributed by atoms with Gasteiger partial charge in [-0.2, -0.15) is 0 Å². The van der Waals surface area contributed by atoms with E-state index in [1.54, 1.807) is 6.92 Å². The van der Waals surface area contributed by atoms with E-state index in [9.17, 15) is 9.59 Å². The molecule has 1 unspecified atom stereocenters. The molecule has 0 spiro atoms. The second-order valence-corrected chi connectivity index (χ2v) is 5.19. The van der Waals surface area contributed by atoms with Gasteiger partial charge >= 0.3 is 5.97 Å². The van der Waals surface area contributed by atoms with Crippen molar-refractivity contribution in [2.75, 3.05) is 19.4 Å². The fourth-order valence-corrected chi connectivity index (χ4v) is 3.15. The molecular weight excluding hydrogens is 232 g/mol. The van der Waals surface area contributed by atoms with E-state index in [0.717, 1.165) is 0 Å². The Hall–Kier alpha value is -1.24. The molecule has 7 heteroatoms. The van der Waals surface area contributed by atoms with Gasteiger partial charge in [0.1, 0.15) is 12.5 Å². The molecule has 2 heterocycles. The SMILES string of the molecule is CON=C1C(=O)N2CC(C)(C(=O)O)CS[C@H]12. The van der Waals surface area contributed by atoms with Crippen molar-refractivity contribution in [3.05, 3.63) is 0 Å². The molecule has 2 aliphatic rings. The van der Waals surface area contributed by atoms with Gasteiger partial charge in [0.25, 0.3) is 5.91 Å². The van der Waals surface area contributed by atoms with Gasteiger partial charge in [-0.1, -0.05) is 5.16 Å². The number of amides is 1. The van der Waals surface area contributed by atoms with E-state index in [4.69, 9.17) is 5.11 Å². The van der Waals surface area contributed by atoms with E-state index in [2.05, 4.69) is 9.99 Å². The first-order valence-electron chi connectivity index (χ1n) is 4.76. The van der Waals surface area contributed by atoms with Crippen molar-refractivity contribution in [2.24, 2.45) is 10.6 Å². The molecule has 2 rings (SSSR count). The predicted octanol–water partition coefficient (Wildman–Crippen LogP) is -0.00520. The van der Waals surface area contributed by atoms with Crippen LogP contribution in [0.1, 0.15) is 6.92 Å². The summed E-state index contributed by atoms with van der Waals surface area (Å²) >= 11 is 1.41. The number of rotatable bonds is 2. The average Bonchev–Trinajstić information content (AvgIpc) is 2.26. The molecule has 0 aromatic heterocycles. The summed E-state index contributed by atoms with van der Waals surface area (Å²) in [6.45, 7) is 1.89. The molecule has 2 aliphatic heterocycles. The van der Waals surface area contributed by atoms with Gasteiger partial charge in [0, 0.05) is 12.3 Å². The Labute approximate surface area is 96.6 Å². The monoisotopic (exact) mass is 244 g/mol. The minimum Gasteiger partial charge on any atom is -0.481 e. The van der Waals surface area contributed by atoms with Crippen LogP contribution in [0.4, 0.5) is 0 Å². The standard InChI is InChI=1S/C9H12N2O4S/c1-9(8(13)14)3-11-6(12)5(10-15-2)7(11)16-4-9/h7H,3-4H2,1-2H3,(H,13,14)/t7-,9?/m1/s1. The molecule has 2 atom stereocenters. The molecule has 88 valence electrons. The van der Waals surface area contributed by atoms with E-state index in [1.807, 2.05) is 0 Å². The number of nitrogens with zero attached hydrogens (tertiary/aromatic N) is 2. The quantitative estimate of drug-likeness (QED) is 0.546. The van der Waals surface area contributed by atoms with Crippen molar-refractivity contribution >= 4 is 29.4 Å². The Balaban J connectivity index is 2.14. The number of carbonyl (C=O) groups excluding carboxylic acids is 1. The lowest BCUT2D eigenvalue weighted by Gasteiger charge is -2.48. The van der Waals surface area contributed by atoms with Crippen LogP contribution in [0, 0.1) is 5.41 Å². The highest BCUT2D eigenvalue weighted by molar-refractivity contribution is 8.01. The number of hydrogen-bond donors (Lipinski definition) is 1. The summed E-state index contributed by atoms with van der Waals surface area (Å²) in [5.74, 6) is -0.630. The van der Waals surface area contributed by atoms with Crippen molar-refractivity contribution in [1.29, 1.82) is 0 Å². The average molecular weight is 244 g/mol. The number of carboxylic acids is 1. The van der Waals surface area contributed by atoms with Crippen LogP contribution in [0.25, 0.3) is 0 Å². The van der Waals surface area contributed by atoms with Gasteiger partial charge in [-0.05, 0) is 6.92 Å². The number of carboxylic acid groups (broad SMARTS) is 1. The first kappa shape index (κ1) is 11.3. The number of oxime groups is 1. The summed E-state index contributed by atoms with van der Waals surface area (Å²) in [5, 5.41) is 12.6. The molecule has 0 radical (unpaired) electrons. The van der Waals surface area contributed by atoms with E-state index < -0.39 is 11.4 Å². The maximum atomic E-state index is 11.6. The van der Waals surface area contributed by atoms with Crippen LogP contribution in [0.3, 0.4) is 0 Å². The summed E-state index contributed by atoms with van der Waals surface area (Å²) < 4.78 is 0. The third-order valence-electron chi connectivity index (χ3n) is 2.78. The maximum absolute atomic E-state index is 11.6.